The Bertz CT molecular complexity index is 1160. The van der Waals surface area contributed by atoms with Gasteiger partial charge in [0.1, 0.15) is 5.82 Å². The van der Waals surface area contributed by atoms with Crippen molar-refractivity contribution in [2.45, 2.75) is 6.54 Å². The average molecular weight is 383 g/mol. The number of hydrogen-bond acceptors (Lipinski definition) is 4. The first-order valence-electron chi connectivity index (χ1n) is 8.92. The number of morpholine rings is 1. The normalized spacial score (nSPS) is 14.4. The molecule has 7 nitrogen and oxygen atoms in total. The maximum atomic E-state index is 14.3. The third-order valence-corrected chi connectivity index (χ3v) is 4.81. The number of rotatable bonds is 3. The van der Waals surface area contributed by atoms with Gasteiger partial charge in [-0.15, -0.1) is 0 Å². The van der Waals surface area contributed by atoms with Crippen molar-refractivity contribution < 1.29 is 13.9 Å². The lowest BCUT2D eigenvalue weighted by molar-refractivity contribution is 0.0300. The van der Waals surface area contributed by atoms with Crippen LogP contribution in [0.2, 0.25) is 0 Å². The number of hydrogen-bond donors (Lipinski definition) is 1. The lowest BCUT2D eigenvalue weighted by atomic mass is 10.1. The summed E-state index contributed by atoms with van der Waals surface area (Å²) in [7, 11) is 0. The number of carbonyl (C=O) groups excluding carboxylic acids is 1. The van der Waals surface area contributed by atoms with Crippen molar-refractivity contribution in [1.82, 2.24) is 14.5 Å². The van der Waals surface area contributed by atoms with E-state index in [1.165, 1.54) is 22.8 Å². The van der Waals surface area contributed by atoms with Gasteiger partial charge in [0.25, 0.3) is 11.5 Å². The van der Waals surface area contributed by atoms with Crippen LogP contribution in [0.5, 0.6) is 0 Å². The number of H-pyrrole nitrogens is 1. The molecule has 0 bridgehead atoms. The zero-order valence-electron chi connectivity index (χ0n) is 15.0. The van der Waals surface area contributed by atoms with Gasteiger partial charge >= 0.3 is 5.69 Å². The van der Waals surface area contributed by atoms with E-state index in [9.17, 15) is 18.8 Å². The number of aromatic amines is 1. The summed E-state index contributed by atoms with van der Waals surface area (Å²) < 4.78 is 20.9. The van der Waals surface area contributed by atoms with Gasteiger partial charge in [0.2, 0.25) is 0 Å². The Morgan fingerprint density at radius 1 is 1.11 bits per heavy atom. The van der Waals surface area contributed by atoms with Crippen LogP contribution < -0.4 is 11.2 Å². The zero-order chi connectivity index (χ0) is 19.7. The molecule has 0 aliphatic carbocycles. The number of benzene rings is 2. The Morgan fingerprint density at radius 2 is 1.86 bits per heavy atom. The topological polar surface area (TPSA) is 84.4 Å². The van der Waals surface area contributed by atoms with Crippen molar-refractivity contribution >= 4 is 16.8 Å². The molecule has 144 valence electrons. The second-order valence-corrected chi connectivity index (χ2v) is 6.58. The molecule has 0 atom stereocenters. The minimum atomic E-state index is -0.612. The molecule has 3 aromatic rings. The summed E-state index contributed by atoms with van der Waals surface area (Å²) in [5, 5.41) is 0.383. The second-order valence-electron chi connectivity index (χ2n) is 6.58. The summed E-state index contributed by atoms with van der Waals surface area (Å²) in [5.74, 6) is -1.01. The first kappa shape index (κ1) is 18.1. The molecule has 0 unspecified atom stereocenters. The van der Waals surface area contributed by atoms with Crippen molar-refractivity contribution in [3.8, 4) is 0 Å². The number of aromatic nitrogens is 2. The number of ether oxygens (including phenoxy) is 1. The van der Waals surface area contributed by atoms with Crippen molar-refractivity contribution in [2.75, 3.05) is 26.3 Å². The fourth-order valence-electron chi connectivity index (χ4n) is 3.35. The molecule has 2 heterocycles. The van der Waals surface area contributed by atoms with Crippen LogP contribution in [0.3, 0.4) is 0 Å². The van der Waals surface area contributed by atoms with Crippen LogP contribution in [0.1, 0.15) is 15.9 Å². The number of para-hydroxylation sites is 1. The molecule has 1 aromatic heterocycles. The summed E-state index contributed by atoms with van der Waals surface area (Å²) >= 11 is 0. The lowest BCUT2D eigenvalue weighted by Gasteiger charge is -2.27. The van der Waals surface area contributed by atoms with Crippen molar-refractivity contribution in [3.05, 3.63) is 80.2 Å². The van der Waals surface area contributed by atoms with Gasteiger partial charge in [-0.25, -0.2) is 9.18 Å². The summed E-state index contributed by atoms with van der Waals surface area (Å²) in [6.07, 6.45) is 0. The quantitative estimate of drug-likeness (QED) is 0.740. The smallest absolute Gasteiger partial charge is 0.329 e. The summed E-state index contributed by atoms with van der Waals surface area (Å²) in [4.78, 5) is 40.8. The van der Waals surface area contributed by atoms with Crippen LogP contribution in [0.15, 0.2) is 52.1 Å². The number of amides is 1. The van der Waals surface area contributed by atoms with Crippen LogP contribution in [-0.4, -0.2) is 46.7 Å². The number of nitrogens with one attached hydrogen (secondary N) is 1. The molecule has 28 heavy (non-hydrogen) atoms. The minimum absolute atomic E-state index is 0.0406. The summed E-state index contributed by atoms with van der Waals surface area (Å²) in [6.45, 7) is 1.76. The summed E-state index contributed by atoms with van der Waals surface area (Å²) in [5.41, 5.74) is -0.00616. The van der Waals surface area contributed by atoms with Crippen LogP contribution in [0.25, 0.3) is 10.9 Å². The van der Waals surface area contributed by atoms with Gasteiger partial charge in [0, 0.05) is 13.1 Å². The van der Waals surface area contributed by atoms with Crippen LogP contribution in [-0.2, 0) is 11.3 Å². The van der Waals surface area contributed by atoms with E-state index in [2.05, 4.69) is 4.98 Å². The molecular formula is C20H18FN3O4. The molecule has 2 aromatic carbocycles. The Morgan fingerprint density at radius 3 is 2.64 bits per heavy atom. The van der Waals surface area contributed by atoms with E-state index in [1.807, 2.05) is 0 Å². The fraction of sp³-hybridized carbons (Fsp3) is 0.250. The molecule has 1 aliphatic heterocycles. The maximum absolute atomic E-state index is 14.3. The number of carbonyl (C=O) groups is 1. The average Bonchev–Trinajstić information content (AvgIpc) is 2.72. The lowest BCUT2D eigenvalue weighted by Crippen LogP contribution is -2.41. The molecule has 0 saturated carbocycles. The molecule has 1 N–H and O–H groups in total. The highest BCUT2D eigenvalue weighted by Crippen LogP contribution is 2.16. The van der Waals surface area contributed by atoms with Crippen molar-refractivity contribution in [2.24, 2.45) is 0 Å². The molecule has 1 fully saturated rings. The first-order chi connectivity index (χ1) is 13.5. The number of fused-ring (bicyclic) bond motifs is 1. The second kappa shape index (κ2) is 7.40. The van der Waals surface area contributed by atoms with Gasteiger partial charge in [-0.05, 0) is 29.8 Å². The summed E-state index contributed by atoms with van der Waals surface area (Å²) in [6, 6.07) is 11.0. The Kier molecular flexibility index (Phi) is 4.79. The van der Waals surface area contributed by atoms with E-state index < -0.39 is 23.0 Å². The standard InChI is InChI=1S/C20H18FN3O4/c21-16-6-5-13(11-15(16)19(26)23-7-9-28-10-8-23)12-24-17-4-2-1-3-14(17)18(25)22-20(24)27/h1-6,11H,7-10,12H2,(H,22,25,27). The molecular weight excluding hydrogens is 365 g/mol. The van der Waals surface area contributed by atoms with Crippen molar-refractivity contribution in [1.29, 1.82) is 0 Å². The third-order valence-electron chi connectivity index (χ3n) is 4.81. The van der Waals surface area contributed by atoms with Gasteiger partial charge < -0.3 is 9.64 Å². The van der Waals surface area contributed by atoms with E-state index in [0.717, 1.165) is 0 Å². The van der Waals surface area contributed by atoms with Crippen LogP contribution >= 0.6 is 0 Å². The largest absolute Gasteiger partial charge is 0.378 e. The SMILES string of the molecule is O=C(c1cc(Cn2c(=O)[nH]c(=O)c3ccccc32)ccc1F)N1CCOCC1. The van der Waals surface area contributed by atoms with Crippen LogP contribution in [0.4, 0.5) is 4.39 Å². The van der Waals surface area contributed by atoms with Gasteiger partial charge in [-0.1, -0.05) is 18.2 Å². The molecule has 0 radical (unpaired) electrons. The molecule has 8 heteroatoms. The molecule has 1 amide bonds. The number of halogens is 1. The van der Waals surface area contributed by atoms with Crippen molar-refractivity contribution in [3.63, 3.8) is 0 Å². The molecule has 1 aliphatic rings. The predicted molar refractivity (Wildman–Crippen MR) is 101 cm³/mol. The number of nitrogens with zero attached hydrogens (tertiary/aromatic N) is 2. The monoisotopic (exact) mass is 383 g/mol. The minimum Gasteiger partial charge on any atom is -0.378 e. The van der Waals surface area contributed by atoms with Gasteiger partial charge in [0.15, 0.2) is 0 Å². The Balaban J connectivity index is 1.72. The third kappa shape index (κ3) is 3.34. The van der Waals surface area contributed by atoms with E-state index in [0.29, 0.717) is 42.8 Å². The highest BCUT2D eigenvalue weighted by atomic mass is 19.1. The Hall–Kier alpha value is -3.26. The molecule has 0 spiro atoms. The highest BCUT2D eigenvalue weighted by molar-refractivity contribution is 5.94. The van der Waals surface area contributed by atoms with Gasteiger partial charge in [0.05, 0.1) is 36.2 Å². The zero-order valence-corrected chi connectivity index (χ0v) is 15.0. The fourth-order valence-corrected chi connectivity index (χ4v) is 3.35. The van der Waals surface area contributed by atoms with Gasteiger partial charge in [-0.3, -0.25) is 19.1 Å². The Labute approximate surface area is 159 Å². The highest BCUT2D eigenvalue weighted by Gasteiger charge is 2.22. The predicted octanol–water partition coefficient (Wildman–Crippen LogP) is 1.35. The molecule has 1 saturated heterocycles. The van der Waals surface area contributed by atoms with E-state index in [4.69, 9.17) is 4.74 Å². The van der Waals surface area contributed by atoms with E-state index >= 15 is 0 Å². The first-order valence-corrected chi connectivity index (χ1v) is 8.92. The van der Waals surface area contributed by atoms with Crippen LogP contribution in [0, 0.1) is 5.82 Å². The van der Waals surface area contributed by atoms with E-state index in [1.54, 1.807) is 29.2 Å². The van der Waals surface area contributed by atoms with E-state index in [-0.39, 0.29) is 12.1 Å². The van der Waals surface area contributed by atoms with Gasteiger partial charge in [-0.2, -0.15) is 0 Å². The maximum Gasteiger partial charge on any atom is 0.329 e. The molecule has 4 rings (SSSR count).